The Kier molecular flexibility index (Phi) is 7.40. The van der Waals surface area contributed by atoms with Gasteiger partial charge in [0.25, 0.3) is 0 Å². The highest BCUT2D eigenvalue weighted by Gasteiger charge is 2.21. The predicted octanol–water partition coefficient (Wildman–Crippen LogP) is 5.89. The number of H-pyrrole nitrogens is 1. The number of pyridine rings is 1. The van der Waals surface area contributed by atoms with Crippen molar-refractivity contribution in [3.8, 4) is 0 Å². The molecule has 33 heavy (non-hydrogen) atoms. The molecule has 3 aromatic rings. The quantitative estimate of drug-likeness (QED) is 0.378. The summed E-state index contributed by atoms with van der Waals surface area (Å²) in [6.45, 7) is 11.9. The number of aromatic nitrogens is 2. The summed E-state index contributed by atoms with van der Waals surface area (Å²) in [6.07, 6.45) is 7.37. The monoisotopic (exact) mass is 453 g/mol. The number of piperidine rings is 1. The minimum Gasteiger partial charge on any atom is -0.350 e. The second-order valence-corrected chi connectivity index (χ2v) is 8.64. The molecule has 3 heterocycles. The van der Waals surface area contributed by atoms with E-state index < -0.39 is 11.6 Å². The van der Waals surface area contributed by atoms with E-state index >= 15 is 8.78 Å². The summed E-state index contributed by atoms with van der Waals surface area (Å²) in [7, 11) is 0. The third-order valence-electron chi connectivity index (χ3n) is 6.36. The molecule has 1 aromatic carbocycles. The topological polar surface area (TPSA) is 56.0 Å². The first-order valence-corrected chi connectivity index (χ1v) is 11.9. The largest absolute Gasteiger partial charge is 0.350 e. The minimum absolute atomic E-state index is 0.145. The van der Waals surface area contributed by atoms with Crippen molar-refractivity contribution in [2.75, 3.05) is 25.0 Å². The van der Waals surface area contributed by atoms with Crippen LogP contribution < -0.4 is 10.6 Å². The number of nitrogens with one attached hydrogen (secondary N) is 3. The lowest BCUT2D eigenvalue weighted by molar-refractivity contribution is 0.219. The summed E-state index contributed by atoms with van der Waals surface area (Å²) in [6, 6.07) is 3.58. The van der Waals surface area contributed by atoms with E-state index in [1.165, 1.54) is 31.4 Å². The third-order valence-corrected chi connectivity index (χ3v) is 6.36. The van der Waals surface area contributed by atoms with Gasteiger partial charge in [0.1, 0.15) is 11.3 Å². The SMILES string of the molecule is C=Cc1cc(CC)c(F)c(Nc2c(CNCC)cnc3[nH]c(CN4CCCCC4)cc23)c1F. The molecule has 1 fully saturated rings. The predicted molar refractivity (Wildman–Crippen MR) is 132 cm³/mol. The fourth-order valence-corrected chi connectivity index (χ4v) is 4.51. The van der Waals surface area contributed by atoms with E-state index in [1.54, 1.807) is 6.20 Å². The van der Waals surface area contributed by atoms with Crippen LogP contribution in [-0.2, 0) is 19.5 Å². The van der Waals surface area contributed by atoms with Crippen LogP contribution in [0.1, 0.15) is 55.5 Å². The Bertz CT molecular complexity index is 1130. The zero-order chi connectivity index (χ0) is 23.4. The summed E-state index contributed by atoms with van der Waals surface area (Å²) in [5.74, 6) is -1.20. The molecule has 4 rings (SSSR count). The molecule has 0 saturated carbocycles. The van der Waals surface area contributed by atoms with E-state index in [0.29, 0.717) is 29.9 Å². The van der Waals surface area contributed by atoms with Gasteiger partial charge >= 0.3 is 0 Å². The van der Waals surface area contributed by atoms with Crippen molar-refractivity contribution in [3.63, 3.8) is 0 Å². The molecule has 0 radical (unpaired) electrons. The molecular formula is C26H33F2N5. The summed E-state index contributed by atoms with van der Waals surface area (Å²) in [5.41, 5.74) is 3.88. The van der Waals surface area contributed by atoms with E-state index in [-0.39, 0.29) is 11.3 Å². The maximum Gasteiger partial charge on any atom is 0.156 e. The molecule has 0 bridgehead atoms. The Labute approximate surface area is 194 Å². The lowest BCUT2D eigenvalue weighted by Crippen LogP contribution is -2.29. The van der Waals surface area contributed by atoms with Crippen molar-refractivity contribution in [2.24, 2.45) is 0 Å². The number of aryl methyl sites for hydroxylation is 1. The molecule has 1 saturated heterocycles. The second-order valence-electron chi connectivity index (χ2n) is 8.64. The van der Waals surface area contributed by atoms with Gasteiger partial charge in [-0.25, -0.2) is 13.8 Å². The number of aromatic amines is 1. The molecule has 0 aliphatic carbocycles. The minimum atomic E-state index is -0.636. The lowest BCUT2D eigenvalue weighted by atomic mass is 10.0. The van der Waals surface area contributed by atoms with Gasteiger partial charge in [-0.05, 0) is 56.6 Å². The van der Waals surface area contributed by atoms with Gasteiger partial charge in [-0.15, -0.1) is 0 Å². The molecule has 2 aromatic heterocycles. The Morgan fingerprint density at radius 1 is 1.09 bits per heavy atom. The summed E-state index contributed by atoms with van der Waals surface area (Å²) in [4.78, 5) is 10.4. The number of hydrogen-bond donors (Lipinski definition) is 3. The van der Waals surface area contributed by atoms with E-state index in [4.69, 9.17) is 0 Å². The molecule has 0 atom stereocenters. The molecule has 5 nitrogen and oxygen atoms in total. The third kappa shape index (κ3) is 4.94. The van der Waals surface area contributed by atoms with Crippen molar-refractivity contribution in [1.29, 1.82) is 0 Å². The molecule has 1 aliphatic rings. The van der Waals surface area contributed by atoms with Crippen molar-refractivity contribution in [2.45, 2.75) is 52.6 Å². The van der Waals surface area contributed by atoms with Crippen LogP contribution in [0, 0.1) is 11.6 Å². The number of benzene rings is 1. The highest BCUT2D eigenvalue weighted by Crippen LogP contribution is 2.35. The Morgan fingerprint density at radius 3 is 2.58 bits per heavy atom. The number of rotatable bonds is 9. The zero-order valence-electron chi connectivity index (χ0n) is 19.5. The van der Waals surface area contributed by atoms with Crippen LogP contribution in [-0.4, -0.2) is 34.5 Å². The Balaban J connectivity index is 1.78. The van der Waals surface area contributed by atoms with Crippen molar-refractivity contribution < 1.29 is 8.78 Å². The van der Waals surface area contributed by atoms with Crippen LogP contribution in [0.3, 0.4) is 0 Å². The van der Waals surface area contributed by atoms with Crippen LogP contribution in [0.25, 0.3) is 17.1 Å². The molecule has 0 unspecified atom stereocenters. The fraction of sp³-hybridized carbons (Fsp3) is 0.423. The van der Waals surface area contributed by atoms with Gasteiger partial charge in [-0.1, -0.05) is 32.9 Å². The van der Waals surface area contributed by atoms with Crippen LogP contribution in [0.15, 0.2) is 24.9 Å². The average molecular weight is 454 g/mol. The Morgan fingerprint density at radius 2 is 1.88 bits per heavy atom. The van der Waals surface area contributed by atoms with Gasteiger partial charge in [0.15, 0.2) is 11.6 Å². The van der Waals surface area contributed by atoms with Gasteiger partial charge in [0.2, 0.25) is 0 Å². The molecule has 1 aliphatic heterocycles. The summed E-state index contributed by atoms with van der Waals surface area (Å²) >= 11 is 0. The van der Waals surface area contributed by atoms with Crippen LogP contribution in [0.2, 0.25) is 0 Å². The summed E-state index contributed by atoms with van der Waals surface area (Å²) < 4.78 is 30.5. The standard InChI is InChI=1S/C26H33F2N5/c1-4-17-12-18(5-2)23(28)25(22(17)27)32-24-19(14-29-6-3)15-30-26-21(24)13-20(31-26)16-33-10-8-7-9-11-33/h4,12-13,15,29H,1,5-11,14,16H2,2-3H3,(H2,30,31,32). The number of halogens is 2. The first-order valence-electron chi connectivity index (χ1n) is 11.9. The van der Waals surface area contributed by atoms with Gasteiger partial charge < -0.3 is 15.6 Å². The number of hydrogen-bond acceptors (Lipinski definition) is 4. The van der Waals surface area contributed by atoms with E-state index in [0.717, 1.165) is 42.8 Å². The van der Waals surface area contributed by atoms with Crippen molar-refractivity contribution in [1.82, 2.24) is 20.2 Å². The van der Waals surface area contributed by atoms with Crippen LogP contribution >= 0.6 is 0 Å². The first kappa shape index (κ1) is 23.4. The normalized spacial score (nSPS) is 14.7. The van der Waals surface area contributed by atoms with Crippen molar-refractivity contribution in [3.05, 3.63) is 58.9 Å². The van der Waals surface area contributed by atoms with Gasteiger partial charge in [-0.3, -0.25) is 4.90 Å². The zero-order valence-corrected chi connectivity index (χ0v) is 19.5. The fourth-order valence-electron chi connectivity index (χ4n) is 4.51. The highest BCUT2D eigenvalue weighted by atomic mass is 19.1. The second kappa shape index (κ2) is 10.4. The molecule has 0 spiro atoms. The molecule has 176 valence electrons. The number of fused-ring (bicyclic) bond motifs is 1. The van der Waals surface area contributed by atoms with Crippen LogP contribution in [0.5, 0.6) is 0 Å². The maximum atomic E-state index is 15.3. The average Bonchev–Trinajstić information content (AvgIpc) is 3.24. The molecule has 3 N–H and O–H groups in total. The van der Waals surface area contributed by atoms with Gasteiger partial charge in [-0.2, -0.15) is 0 Å². The number of nitrogens with zero attached hydrogens (tertiary/aromatic N) is 2. The van der Waals surface area contributed by atoms with Crippen molar-refractivity contribution >= 4 is 28.5 Å². The van der Waals surface area contributed by atoms with E-state index in [1.807, 2.05) is 13.8 Å². The van der Waals surface area contributed by atoms with Crippen LogP contribution in [0.4, 0.5) is 20.2 Å². The maximum absolute atomic E-state index is 15.3. The lowest BCUT2D eigenvalue weighted by Gasteiger charge is -2.25. The van der Waals surface area contributed by atoms with E-state index in [2.05, 4.69) is 38.1 Å². The number of anilines is 2. The Hall–Kier alpha value is -2.77. The molecular weight excluding hydrogens is 420 g/mol. The molecule has 7 heteroatoms. The van der Waals surface area contributed by atoms with Gasteiger partial charge in [0, 0.05) is 41.5 Å². The number of likely N-dealkylation sites (tertiary alicyclic amines) is 1. The molecule has 0 amide bonds. The highest BCUT2D eigenvalue weighted by molar-refractivity contribution is 5.94. The van der Waals surface area contributed by atoms with E-state index in [9.17, 15) is 0 Å². The van der Waals surface area contributed by atoms with Gasteiger partial charge in [0.05, 0.1) is 5.69 Å². The summed E-state index contributed by atoms with van der Waals surface area (Å²) in [5, 5.41) is 7.25. The first-order chi connectivity index (χ1) is 16.0. The smallest absolute Gasteiger partial charge is 0.156 e.